The Morgan fingerprint density at radius 1 is 1.25 bits per heavy atom. The summed E-state index contributed by atoms with van der Waals surface area (Å²) in [4.78, 5) is 20.0. The molecule has 6 nitrogen and oxygen atoms in total. The number of hydrogen-bond donors (Lipinski definition) is 1. The number of likely N-dealkylation sites (tertiary alicyclic amines) is 1. The van der Waals surface area contributed by atoms with Crippen LogP contribution in [0.2, 0.25) is 0 Å². The molecule has 4 rings (SSSR count). The molecule has 1 aliphatic rings. The Morgan fingerprint density at radius 2 is 2.07 bits per heavy atom. The molecule has 1 unspecified atom stereocenters. The van der Waals surface area contributed by atoms with E-state index in [1.807, 2.05) is 61.0 Å². The van der Waals surface area contributed by atoms with Crippen LogP contribution in [0.5, 0.6) is 0 Å². The summed E-state index contributed by atoms with van der Waals surface area (Å²) in [5.74, 6) is 2.59. The Labute approximate surface area is 165 Å². The van der Waals surface area contributed by atoms with Gasteiger partial charge in [0.2, 0.25) is 5.91 Å². The molecule has 6 heteroatoms. The van der Waals surface area contributed by atoms with E-state index in [1.54, 1.807) is 6.26 Å². The summed E-state index contributed by atoms with van der Waals surface area (Å²) in [5.41, 5.74) is 1.82. The van der Waals surface area contributed by atoms with Crippen molar-refractivity contribution in [1.82, 2.24) is 14.5 Å². The molecule has 0 bridgehead atoms. The molecule has 1 N–H and O–H groups in total. The van der Waals surface area contributed by atoms with Gasteiger partial charge in [-0.2, -0.15) is 0 Å². The number of benzene rings is 1. The number of carbonyl (C=O) groups is 1. The van der Waals surface area contributed by atoms with E-state index in [0.717, 1.165) is 61.1 Å². The van der Waals surface area contributed by atoms with Crippen LogP contribution in [0.4, 0.5) is 5.82 Å². The highest BCUT2D eigenvalue weighted by atomic mass is 16.3. The molecule has 3 heterocycles. The minimum Gasteiger partial charge on any atom is -0.468 e. The molecule has 0 spiro atoms. The highest BCUT2D eigenvalue weighted by molar-refractivity contribution is 5.95. The summed E-state index contributed by atoms with van der Waals surface area (Å²) in [6.07, 6.45) is 3.60. The number of hydrogen-bond acceptors (Lipinski definition) is 4. The van der Waals surface area contributed by atoms with E-state index in [4.69, 9.17) is 4.42 Å². The maximum Gasteiger partial charge on any atom is 0.229 e. The number of nitrogens with one attached hydrogen (secondary N) is 1. The predicted molar refractivity (Wildman–Crippen MR) is 109 cm³/mol. The molecule has 0 saturated carbocycles. The van der Waals surface area contributed by atoms with Crippen molar-refractivity contribution in [2.24, 2.45) is 13.0 Å². The first-order chi connectivity index (χ1) is 13.6. The second kappa shape index (κ2) is 8.02. The van der Waals surface area contributed by atoms with Crippen LogP contribution in [-0.2, 0) is 18.4 Å². The summed E-state index contributed by atoms with van der Waals surface area (Å²) in [7, 11) is 1.94. The summed E-state index contributed by atoms with van der Waals surface area (Å²) in [6.45, 7) is 4.43. The lowest BCUT2D eigenvalue weighted by molar-refractivity contribution is -0.121. The SMILES string of the molecule is Cc1nc(-c2ccccc2)c(NC(=O)C2CCCN(Cc3ccco3)C2)n1C. The van der Waals surface area contributed by atoms with Gasteiger partial charge < -0.3 is 14.3 Å². The van der Waals surface area contributed by atoms with E-state index < -0.39 is 0 Å². The van der Waals surface area contributed by atoms with Gasteiger partial charge in [-0.25, -0.2) is 4.98 Å². The fourth-order valence-corrected chi connectivity index (χ4v) is 3.81. The van der Waals surface area contributed by atoms with Crippen LogP contribution >= 0.6 is 0 Å². The number of piperidine rings is 1. The zero-order valence-electron chi connectivity index (χ0n) is 16.4. The summed E-state index contributed by atoms with van der Waals surface area (Å²) >= 11 is 0. The second-order valence-corrected chi connectivity index (χ2v) is 7.42. The minimum atomic E-state index is -0.0393. The monoisotopic (exact) mass is 378 g/mol. The molecule has 1 atom stereocenters. The Balaban J connectivity index is 1.49. The van der Waals surface area contributed by atoms with Gasteiger partial charge in [0, 0.05) is 19.2 Å². The van der Waals surface area contributed by atoms with Crippen molar-refractivity contribution in [3.05, 3.63) is 60.3 Å². The third-order valence-electron chi connectivity index (χ3n) is 5.44. The number of furan rings is 1. The highest BCUT2D eigenvalue weighted by Crippen LogP contribution is 2.29. The summed E-state index contributed by atoms with van der Waals surface area (Å²) in [5, 5.41) is 3.16. The molecular formula is C22H26N4O2. The quantitative estimate of drug-likeness (QED) is 0.733. The molecule has 1 fully saturated rings. The van der Waals surface area contributed by atoms with E-state index in [1.165, 1.54) is 0 Å². The molecule has 146 valence electrons. The number of carbonyl (C=O) groups excluding carboxylic acids is 1. The second-order valence-electron chi connectivity index (χ2n) is 7.42. The van der Waals surface area contributed by atoms with Crippen LogP contribution in [0.15, 0.2) is 53.1 Å². The molecule has 2 aromatic heterocycles. The third-order valence-corrected chi connectivity index (χ3v) is 5.44. The van der Waals surface area contributed by atoms with Gasteiger partial charge in [-0.15, -0.1) is 0 Å². The zero-order chi connectivity index (χ0) is 19.5. The molecule has 0 radical (unpaired) electrons. The van der Waals surface area contributed by atoms with Crippen LogP contribution < -0.4 is 5.32 Å². The Bertz CT molecular complexity index is 931. The smallest absolute Gasteiger partial charge is 0.229 e. The maximum atomic E-state index is 13.1. The first-order valence-electron chi connectivity index (χ1n) is 9.76. The molecular weight excluding hydrogens is 352 g/mol. The van der Waals surface area contributed by atoms with Gasteiger partial charge in [0.05, 0.1) is 18.7 Å². The Morgan fingerprint density at radius 3 is 2.82 bits per heavy atom. The van der Waals surface area contributed by atoms with Crippen LogP contribution in [0.25, 0.3) is 11.3 Å². The Hall–Kier alpha value is -2.86. The molecule has 28 heavy (non-hydrogen) atoms. The van der Waals surface area contributed by atoms with Crippen molar-refractivity contribution >= 4 is 11.7 Å². The van der Waals surface area contributed by atoms with Gasteiger partial charge in [0.25, 0.3) is 0 Å². The van der Waals surface area contributed by atoms with E-state index >= 15 is 0 Å². The van der Waals surface area contributed by atoms with Crippen molar-refractivity contribution in [1.29, 1.82) is 0 Å². The predicted octanol–water partition coefficient (Wildman–Crippen LogP) is 3.84. The largest absolute Gasteiger partial charge is 0.468 e. The number of nitrogens with zero attached hydrogens (tertiary/aromatic N) is 3. The van der Waals surface area contributed by atoms with Crippen LogP contribution in [0, 0.1) is 12.8 Å². The topological polar surface area (TPSA) is 63.3 Å². The normalized spacial score (nSPS) is 17.6. The van der Waals surface area contributed by atoms with Gasteiger partial charge in [0.15, 0.2) is 0 Å². The average Bonchev–Trinajstić information content (AvgIpc) is 3.32. The number of anilines is 1. The van der Waals surface area contributed by atoms with Crippen LogP contribution in [-0.4, -0.2) is 33.4 Å². The molecule has 1 aliphatic heterocycles. The average molecular weight is 378 g/mol. The van der Waals surface area contributed by atoms with E-state index in [-0.39, 0.29) is 11.8 Å². The maximum absolute atomic E-state index is 13.1. The van der Waals surface area contributed by atoms with Gasteiger partial charge >= 0.3 is 0 Å². The van der Waals surface area contributed by atoms with E-state index in [2.05, 4.69) is 15.2 Å². The van der Waals surface area contributed by atoms with Crippen molar-refractivity contribution in [3.8, 4) is 11.3 Å². The van der Waals surface area contributed by atoms with Crippen molar-refractivity contribution < 1.29 is 9.21 Å². The number of imidazole rings is 1. The van der Waals surface area contributed by atoms with Gasteiger partial charge in [-0.05, 0) is 38.4 Å². The Kier molecular flexibility index (Phi) is 5.30. The fourth-order valence-electron chi connectivity index (χ4n) is 3.81. The molecule has 1 amide bonds. The van der Waals surface area contributed by atoms with Crippen LogP contribution in [0.3, 0.4) is 0 Å². The highest BCUT2D eigenvalue weighted by Gasteiger charge is 2.28. The van der Waals surface area contributed by atoms with Crippen molar-refractivity contribution in [2.75, 3.05) is 18.4 Å². The van der Waals surface area contributed by atoms with Gasteiger partial charge in [-0.3, -0.25) is 9.69 Å². The first kappa shape index (κ1) is 18.5. The fraction of sp³-hybridized carbons (Fsp3) is 0.364. The van der Waals surface area contributed by atoms with E-state index in [0.29, 0.717) is 0 Å². The lowest BCUT2D eigenvalue weighted by Crippen LogP contribution is -2.40. The van der Waals surface area contributed by atoms with Gasteiger partial charge in [0.1, 0.15) is 23.1 Å². The van der Waals surface area contributed by atoms with Crippen molar-refractivity contribution in [2.45, 2.75) is 26.3 Å². The number of aromatic nitrogens is 2. The number of aryl methyl sites for hydroxylation is 1. The van der Waals surface area contributed by atoms with Gasteiger partial charge in [-0.1, -0.05) is 30.3 Å². The standard InChI is InChI=1S/C22H26N4O2/c1-16-23-20(17-8-4-3-5-9-17)21(25(16)2)24-22(27)18-10-6-12-26(14-18)15-19-11-7-13-28-19/h3-5,7-9,11,13,18H,6,10,12,14-15H2,1-2H3,(H,24,27). The number of amides is 1. The summed E-state index contributed by atoms with van der Waals surface area (Å²) < 4.78 is 7.41. The third kappa shape index (κ3) is 3.87. The molecule has 3 aromatic rings. The minimum absolute atomic E-state index is 0.0393. The summed E-state index contributed by atoms with van der Waals surface area (Å²) in [6, 6.07) is 13.9. The first-order valence-corrected chi connectivity index (χ1v) is 9.76. The zero-order valence-corrected chi connectivity index (χ0v) is 16.4. The molecule has 0 aliphatic carbocycles. The van der Waals surface area contributed by atoms with Crippen LogP contribution in [0.1, 0.15) is 24.4 Å². The lowest BCUT2D eigenvalue weighted by Gasteiger charge is -2.31. The molecule has 1 aromatic carbocycles. The van der Waals surface area contributed by atoms with E-state index in [9.17, 15) is 4.79 Å². The van der Waals surface area contributed by atoms with Crippen molar-refractivity contribution in [3.63, 3.8) is 0 Å². The lowest BCUT2D eigenvalue weighted by atomic mass is 9.97. The molecule has 1 saturated heterocycles. The number of rotatable bonds is 5.